The van der Waals surface area contributed by atoms with E-state index in [4.69, 9.17) is 24.3 Å². The van der Waals surface area contributed by atoms with Gasteiger partial charge >= 0.3 is 29.4 Å². The highest BCUT2D eigenvalue weighted by Gasteiger charge is 2.50. The minimum absolute atomic E-state index is 0.00951. The number of carbonyl (C=O) groups excluding carboxylic acids is 4. The molecule has 4 heterocycles. The lowest BCUT2D eigenvalue weighted by atomic mass is 9.77. The molecular weight excluding hydrogens is 899 g/mol. The van der Waals surface area contributed by atoms with Crippen molar-refractivity contribution in [3.8, 4) is 0 Å². The Kier molecular flexibility index (Phi) is 16.6. The van der Waals surface area contributed by atoms with Gasteiger partial charge in [-0.3, -0.25) is 32.5 Å². The fourth-order valence-corrected chi connectivity index (χ4v) is 9.27. The molecule has 2 unspecified atom stereocenters. The van der Waals surface area contributed by atoms with Crippen molar-refractivity contribution in [1.29, 1.82) is 0 Å². The van der Waals surface area contributed by atoms with Gasteiger partial charge in [-0.2, -0.15) is 4.31 Å². The van der Waals surface area contributed by atoms with Crippen LogP contribution in [0.5, 0.6) is 0 Å². The van der Waals surface area contributed by atoms with Gasteiger partial charge in [0, 0.05) is 42.2 Å². The zero-order valence-electron chi connectivity index (χ0n) is 33.3. The first-order chi connectivity index (χ1) is 28.1. The number of aliphatic hydroxyl groups excluding tert-OH is 2. The maximum Gasteiger partial charge on any atom is 0.481 e. The van der Waals surface area contributed by atoms with Crippen molar-refractivity contribution in [2.24, 2.45) is 10.8 Å². The molecule has 2 aromatic rings. The van der Waals surface area contributed by atoms with Crippen LogP contribution in [0.15, 0.2) is 24.3 Å². The normalized spacial score (nSPS) is 24.3. The number of phosphoric ester groups is 3. The first kappa shape index (κ1) is 50.4. The molecule has 1 saturated heterocycles. The third-order valence-electron chi connectivity index (χ3n) is 9.53. The van der Waals surface area contributed by atoms with E-state index in [1.807, 2.05) is 13.8 Å². The number of esters is 1. The van der Waals surface area contributed by atoms with E-state index >= 15 is 0 Å². The van der Waals surface area contributed by atoms with Crippen LogP contribution in [0.2, 0.25) is 0 Å². The van der Waals surface area contributed by atoms with Crippen molar-refractivity contribution >= 4 is 75.1 Å². The van der Waals surface area contributed by atoms with E-state index in [2.05, 4.69) is 34.4 Å². The minimum Gasteiger partial charge on any atom is -0.458 e. The summed E-state index contributed by atoms with van der Waals surface area (Å²) in [6, 6.07) is 0. The Morgan fingerprint density at radius 2 is 1.74 bits per heavy atom. The fraction of sp³-hybridized carbons (Fsp3) is 0.645. The molecule has 0 spiro atoms. The lowest BCUT2D eigenvalue weighted by molar-refractivity contribution is -0.151. The van der Waals surface area contributed by atoms with Crippen molar-refractivity contribution in [2.75, 3.05) is 37.8 Å². The number of hydrogen-bond donors (Lipinski definition) is 9. The van der Waals surface area contributed by atoms with Crippen molar-refractivity contribution in [3.05, 3.63) is 24.3 Å². The number of thioether (sulfide) groups is 1. The number of ether oxygens (including phenoxy) is 2. The van der Waals surface area contributed by atoms with Crippen LogP contribution in [-0.4, -0.2) is 135 Å². The number of nitrogens with zero attached hydrogens (tertiary/aromatic N) is 4. The van der Waals surface area contributed by atoms with Gasteiger partial charge in [0.25, 0.3) is 0 Å². The quantitative estimate of drug-likeness (QED) is 0.0450. The molecular formula is C31H48N7O19P3S. The second kappa shape index (κ2) is 20.1. The monoisotopic (exact) mass is 947 g/mol. The molecule has 0 saturated carbocycles. The predicted octanol–water partition coefficient (Wildman–Crippen LogP) is -0.0473. The van der Waals surface area contributed by atoms with Crippen LogP contribution in [0.1, 0.15) is 53.7 Å². The molecule has 61 heavy (non-hydrogen) atoms. The van der Waals surface area contributed by atoms with Crippen LogP contribution < -0.4 is 16.4 Å². The van der Waals surface area contributed by atoms with E-state index in [-0.39, 0.29) is 53.8 Å². The van der Waals surface area contributed by atoms with Crippen LogP contribution in [0.25, 0.3) is 11.2 Å². The van der Waals surface area contributed by atoms with Crippen molar-refractivity contribution in [1.82, 2.24) is 30.2 Å². The molecule has 26 nitrogen and oxygen atoms in total. The van der Waals surface area contributed by atoms with Gasteiger partial charge in [-0.15, -0.1) is 0 Å². The molecule has 2 aliphatic heterocycles. The largest absolute Gasteiger partial charge is 0.481 e. The fourth-order valence-electron chi connectivity index (χ4n) is 5.74. The van der Waals surface area contributed by atoms with Crippen LogP contribution in [0, 0.1) is 10.8 Å². The maximum atomic E-state index is 12.7. The zero-order valence-corrected chi connectivity index (χ0v) is 36.8. The highest BCUT2D eigenvalue weighted by atomic mass is 32.2. The number of nitrogens with two attached hydrogens (primary N) is 1. The molecule has 1 fully saturated rings. The number of aromatic nitrogens is 4. The number of nitrogens with one attached hydrogen (secondary N) is 2. The third kappa shape index (κ3) is 13.9. The molecule has 0 bridgehead atoms. The van der Waals surface area contributed by atoms with E-state index in [1.165, 1.54) is 19.9 Å². The van der Waals surface area contributed by atoms with Gasteiger partial charge in [-0.25, -0.2) is 33.4 Å². The van der Waals surface area contributed by atoms with E-state index in [9.17, 15) is 62.7 Å². The summed E-state index contributed by atoms with van der Waals surface area (Å²) in [5, 5.41) is 26.2. The first-order valence-corrected chi connectivity index (χ1v) is 23.6. The number of carbonyl (C=O) groups is 4. The highest BCUT2D eigenvalue weighted by molar-refractivity contribution is 8.13. The molecule has 2 aliphatic rings. The van der Waals surface area contributed by atoms with E-state index in [1.54, 1.807) is 6.92 Å². The lowest BCUT2D eigenvalue weighted by Gasteiger charge is -2.37. The van der Waals surface area contributed by atoms with E-state index in [0.29, 0.717) is 0 Å². The molecule has 2 aromatic heterocycles. The van der Waals surface area contributed by atoms with Gasteiger partial charge in [0.2, 0.25) is 11.8 Å². The summed E-state index contributed by atoms with van der Waals surface area (Å²) in [4.78, 5) is 100. The number of hydrogen-bond acceptors (Lipinski definition) is 20. The van der Waals surface area contributed by atoms with Crippen LogP contribution in [0.3, 0.4) is 0 Å². The number of rotatable bonds is 21. The lowest BCUT2D eigenvalue weighted by Crippen LogP contribution is -2.46. The second-order valence-corrected chi connectivity index (χ2v) is 20.4. The summed E-state index contributed by atoms with van der Waals surface area (Å²) in [6.45, 7) is 5.81. The van der Waals surface area contributed by atoms with Crippen LogP contribution in [0.4, 0.5) is 5.82 Å². The number of imidazole rings is 1. The Balaban J connectivity index is 1.20. The van der Waals surface area contributed by atoms with Gasteiger partial charge in [0.15, 0.2) is 22.8 Å². The Labute approximate surface area is 351 Å². The Morgan fingerprint density at radius 3 is 2.41 bits per heavy atom. The van der Waals surface area contributed by atoms with Gasteiger partial charge in [-0.1, -0.05) is 45.0 Å². The van der Waals surface area contributed by atoms with Crippen molar-refractivity contribution < 1.29 is 90.0 Å². The number of anilines is 1. The number of amides is 2. The maximum absolute atomic E-state index is 12.7. The number of nitrogen functional groups attached to an aromatic ring is 1. The molecule has 0 aromatic carbocycles. The smallest absolute Gasteiger partial charge is 0.458 e. The van der Waals surface area contributed by atoms with Gasteiger partial charge < -0.3 is 55.6 Å². The van der Waals surface area contributed by atoms with Crippen molar-refractivity contribution in [3.63, 3.8) is 0 Å². The van der Waals surface area contributed by atoms with Crippen LogP contribution in [-0.2, 0) is 60.2 Å². The average molecular weight is 948 g/mol. The Bertz CT molecular complexity index is 2130. The average Bonchev–Trinajstić information content (AvgIpc) is 3.70. The number of aliphatic hydroxyl groups is 2. The number of fused-ring (bicyclic) bond motifs is 1. The summed E-state index contributed by atoms with van der Waals surface area (Å²) in [5.74, 6) is -1.84. The van der Waals surface area contributed by atoms with Crippen molar-refractivity contribution in [2.45, 2.75) is 84.2 Å². The molecule has 342 valence electrons. The Morgan fingerprint density at radius 1 is 1.07 bits per heavy atom. The molecule has 4 rings (SSSR count). The summed E-state index contributed by atoms with van der Waals surface area (Å²) in [5.41, 5.74) is 4.50. The zero-order chi connectivity index (χ0) is 45.7. The van der Waals surface area contributed by atoms with Gasteiger partial charge in [0.1, 0.15) is 42.4 Å². The number of cyclic esters (lactones) is 1. The summed E-state index contributed by atoms with van der Waals surface area (Å²) >= 11 is 0.956. The van der Waals surface area contributed by atoms with E-state index in [0.717, 1.165) is 34.6 Å². The number of phosphoric acid groups is 3. The van der Waals surface area contributed by atoms with Crippen LogP contribution >= 0.6 is 35.2 Å². The minimum atomic E-state index is -5.59. The second-order valence-electron chi connectivity index (χ2n) is 15.0. The molecule has 0 radical (unpaired) electrons. The summed E-state index contributed by atoms with van der Waals surface area (Å²) in [6.07, 6.45) is -6.31. The summed E-state index contributed by atoms with van der Waals surface area (Å²) < 4.78 is 67.5. The molecule has 2 amide bonds. The molecule has 0 aliphatic carbocycles. The SMILES string of the molecule is CC1=CC(=O)O[C@H](CC(=O)SCCNC(=O)CCNC(=O)[C@H](O)C(C)(C)COP(=O)(O)OP(=O)(O)OC[C@H]2O[C@@H](n3cnc4c(N)ncnc43)[C@H](O)[C@@H]2OP(=O)(O)O)C1(C)C. The van der Waals surface area contributed by atoms with Gasteiger partial charge in [0.05, 0.1) is 26.0 Å². The third-order valence-corrected chi connectivity index (χ3v) is 13.5. The predicted molar refractivity (Wildman–Crippen MR) is 209 cm³/mol. The van der Waals surface area contributed by atoms with E-state index < -0.39 is 102 Å². The molecule has 10 N–H and O–H groups in total. The molecule has 8 atom stereocenters. The van der Waals surface area contributed by atoms with Gasteiger partial charge in [-0.05, 0) is 6.92 Å². The highest BCUT2D eigenvalue weighted by Crippen LogP contribution is 2.61. The molecule has 30 heteroatoms. The summed E-state index contributed by atoms with van der Waals surface area (Å²) in [7, 11) is -16.5. The first-order valence-electron chi connectivity index (χ1n) is 18.1. The standard InChI is InChI=1S/C31H48N7O19P3S/c1-16-10-20(40)55-18(31(16,4)5)11-21(41)61-9-8-33-19(39)6-7-34-28(44)25(43)30(2,3)13-53-60(50,51)57-59(48,49)52-12-17-24(56-58(45,46)47)23(42)29(54-17)38-15-37-22-26(32)35-14-36-27(22)38/h10,14-15,17-18,23-25,29,42-43H,6-9,11-13H2,1-5H3,(H,33,39)(H,34,44)(H,48,49)(H,50,51)(H2,32,35,36)(H2,45,46,47)/t17-,18-,23-,24-,25+,29-/m1/s1. The topological polar surface area (TPSA) is 390 Å². The Hall–Kier alpha value is -3.23.